The van der Waals surface area contributed by atoms with E-state index in [1.165, 1.54) is 25.7 Å². The Morgan fingerprint density at radius 2 is 2.00 bits per heavy atom. The van der Waals surface area contributed by atoms with Gasteiger partial charge in [0.1, 0.15) is 6.61 Å². The van der Waals surface area contributed by atoms with E-state index < -0.39 is 0 Å². The van der Waals surface area contributed by atoms with Crippen LogP contribution in [0.25, 0.3) is 0 Å². The minimum atomic E-state index is -0.190. The first kappa shape index (κ1) is 9.97. The van der Waals surface area contributed by atoms with Crippen molar-refractivity contribution in [3.8, 4) is 0 Å². The highest BCUT2D eigenvalue weighted by atomic mass is 16.5. The smallest absolute Gasteiger partial charge is 0.246 e. The monoisotopic (exact) mass is 197 g/mol. The molecule has 0 radical (unpaired) electrons. The molecule has 2 aliphatic rings. The summed E-state index contributed by atoms with van der Waals surface area (Å²) in [4.78, 5) is 11.2. The van der Waals surface area contributed by atoms with Crippen LogP contribution in [0, 0.1) is 5.92 Å². The minimum absolute atomic E-state index is 0.0178. The maximum Gasteiger partial charge on any atom is 0.246 e. The van der Waals surface area contributed by atoms with Gasteiger partial charge in [0, 0.05) is 0 Å². The molecule has 80 valence electrons. The van der Waals surface area contributed by atoms with Crippen molar-refractivity contribution in [1.82, 2.24) is 5.32 Å². The number of carbonyl (C=O) groups excluding carboxylic acids is 1. The van der Waals surface area contributed by atoms with Crippen LogP contribution in [0.15, 0.2) is 0 Å². The predicted octanol–water partition coefficient (Wildman–Crippen LogP) is 1.47. The lowest BCUT2D eigenvalue weighted by Crippen LogP contribution is -2.60. The third-order valence-corrected chi connectivity index (χ3v) is 3.39. The van der Waals surface area contributed by atoms with E-state index in [-0.39, 0.29) is 24.2 Å². The lowest BCUT2D eigenvalue weighted by atomic mass is 9.84. The van der Waals surface area contributed by atoms with Gasteiger partial charge < -0.3 is 10.1 Å². The van der Waals surface area contributed by atoms with Gasteiger partial charge in [-0.25, -0.2) is 0 Å². The molecule has 0 spiro atoms. The summed E-state index contributed by atoms with van der Waals surface area (Å²) >= 11 is 0. The van der Waals surface area contributed by atoms with E-state index in [0.29, 0.717) is 5.92 Å². The Labute approximate surface area is 85.2 Å². The van der Waals surface area contributed by atoms with E-state index in [2.05, 4.69) is 19.2 Å². The number of amides is 1. The number of carbonyl (C=O) groups is 1. The van der Waals surface area contributed by atoms with E-state index in [0.717, 1.165) is 0 Å². The Morgan fingerprint density at radius 3 is 2.57 bits per heavy atom. The lowest BCUT2D eigenvalue weighted by Gasteiger charge is -2.42. The first-order chi connectivity index (χ1) is 6.59. The largest absolute Gasteiger partial charge is 0.366 e. The molecule has 0 bridgehead atoms. The van der Waals surface area contributed by atoms with Crippen molar-refractivity contribution in [2.45, 2.75) is 51.2 Å². The Morgan fingerprint density at radius 1 is 1.36 bits per heavy atom. The molecule has 3 nitrogen and oxygen atoms in total. The number of morpholine rings is 1. The molecule has 0 aromatic rings. The summed E-state index contributed by atoms with van der Waals surface area (Å²) in [7, 11) is 0. The highest BCUT2D eigenvalue weighted by Gasteiger charge is 2.41. The molecule has 2 rings (SSSR count). The first-order valence-corrected chi connectivity index (χ1v) is 5.52. The van der Waals surface area contributed by atoms with Gasteiger partial charge in [-0.1, -0.05) is 12.8 Å². The summed E-state index contributed by atoms with van der Waals surface area (Å²) in [6.07, 6.45) is 5.35. The molecule has 1 aliphatic heterocycles. The summed E-state index contributed by atoms with van der Waals surface area (Å²) in [6.45, 7) is 4.37. The van der Waals surface area contributed by atoms with Crippen molar-refractivity contribution in [3.63, 3.8) is 0 Å². The minimum Gasteiger partial charge on any atom is -0.366 e. The molecule has 1 unspecified atom stereocenters. The standard InChI is InChI=1S/C11H19NO2/c1-11(2)10(8-5-3-4-6-8)14-7-9(13)12-11/h8,10H,3-7H2,1-2H3,(H,12,13). The average molecular weight is 197 g/mol. The van der Waals surface area contributed by atoms with Crippen LogP contribution in [0.4, 0.5) is 0 Å². The number of rotatable bonds is 1. The van der Waals surface area contributed by atoms with Gasteiger partial charge in [-0.2, -0.15) is 0 Å². The molecule has 2 fully saturated rings. The fourth-order valence-corrected chi connectivity index (χ4v) is 2.83. The van der Waals surface area contributed by atoms with Gasteiger partial charge in [0.05, 0.1) is 11.6 Å². The average Bonchev–Trinajstić information content (AvgIpc) is 2.54. The Hall–Kier alpha value is -0.570. The van der Waals surface area contributed by atoms with Gasteiger partial charge in [-0.15, -0.1) is 0 Å². The predicted molar refractivity (Wildman–Crippen MR) is 53.9 cm³/mol. The number of hydrogen-bond donors (Lipinski definition) is 1. The van der Waals surface area contributed by atoms with Crippen LogP contribution in [0.3, 0.4) is 0 Å². The van der Waals surface area contributed by atoms with Gasteiger partial charge >= 0.3 is 0 Å². The lowest BCUT2D eigenvalue weighted by molar-refractivity contribution is -0.146. The molecule has 1 amide bonds. The van der Waals surface area contributed by atoms with Crippen LogP contribution < -0.4 is 5.32 Å². The molecule has 1 heterocycles. The van der Waals surface area contributed by atoms with Crippen LogP contribution in [-0.2, 0) is 9.53 Å². The summed E-state index contributed by atoms with van der Waals surface area (Å²) in [6, 6.07) is 0. The second-order valence-corrected chi connectivity index (χ2v) is 5.05. The molecule has 0 aromatic carbocycles. The summed E-state index contributed by atoms with van der Waals surface area (Å²) < 4.78 is 5.68. The van der Waals surface area contributed by atoms with E-state index >= 15 is 0 Å². The fraction of sp³-hybridized carbons (Fsp3) is 0.909. The molecule has 1 saturated carbocycles. The van der Waals surface area contributed by atoms with Crippen molar-refractivity contribution in [1.29, 1.82) is 0 Å². The van der Waals surface area contributed by atoms with E-state index in [9.17, 15) is 4.79 Å². The number of hydrogen-bond acceptors (Lipinski definition) is 2. The van der Waals surface area contributed by atoms with Gasteiger partial charge in [-0.3, -0.25) is 4.79 Å². The van der Waals surface area contributed by atoms with Crippen LogP contribution in [0.2, 0.25) is 0 Å². The van der Waals surface area contributed by atoms with Crippen molar-refractivity contribution in [2.75, 3.05) is 6.61 Å². The molecule has 1 saturated heterocycles. The van der Waals surface area contributed by atoms with Crippen molar-refractivity contribution in [2.24, 2.45) is 5.92 Å². The number of nitrogens with one attached hydrogen (secondary N) is 1. The molecule has 1 N–H and O–H groups in total. The summed E-state index contributed by atoms with van der Waals surface area (Å²) in [5.41, 5.74) is -0.190. The Kier molecular flexibility index (Phi) is 2.52. The van der Waals surface area contributed by atoms with E-state index in [1.807, 2.05) is 0 Å². The molecule has 3 heteroatoms. The molecule has 0 aromatic heterocycles. The molecular weight excluding hydrogens is 178 g/mol. The second-order valence-electron chi connectivity index (χ2n) is 5.05. The van der Waals surface area contributed by atoms with Crippen LogP contribution in [0.1, 0.15) is 39.5 Å². The Balaban J connectivity index is 2.06. The van der Waals surface area contributed by atoms with Crippen LogP contribution in [-0.4, -0.2) is 24.2 Å². The van der Waals surface area contributed by atoms with E-state index in [4.69, 9.17) is 4.74 Å². The second kappa shape index (κ2) is 3.54. The van der Waals surface area contributed by atoms with Crippen LogP contribution >= 0.6 is 0 Å². The topological polar surface area (TPSA) is 38.3 Å². The zero-order valence-electron chi connectivity index (χ0n) is 9.01. The molecule has 14 heavy (non-hydrogen) atoms. The highest BCUT2D eigenvalue weighted by Crippen LogP contribution is 2.35. The van der Waals surface area contributed by atoms with Crippen LogP contribution in [0.5, 0.6) is 0 Å². The maximum atomic E-state index is 11.2. The molecular formula is C11H19NO2. The third kappa shape index (κ3) is 1.78. The van der Waals surface area contributed by atoms with Crippen molar-refractivity contribution in [3.05, 3.63) is 0 Å². The van der Waals surface area contributed by atoms with Gasteiger partial charge in [0.2, 0.25) is 5.91 Å². The third-order valence-electron chi connectivity index (χ3n) is 3.39. The fourth-order valence-electron chi connectivity index (χ4n) is 2.83. The quantitative estimate of drug-likeness (QED) is 0.691. The normalized spacial score (nSPS) is 33.0. The van der Waals surface area contributed by atoms with Crippen molar-refractivity contribution < 1.29 is 9.53 Å². The van der Waals surface area contributed by atoms with E-state index in [1.54, 1.807) is 0 Å². The SMILES string of the molecule is CC1(C)NC(=O)COC1C1CCCC1. The van der Waals surface area contributed by atoms with Crippen molar-refractivity contribution >= 4 is 5.91 Å². The van der Waals surface area contributed by atoms with Gasteiger partial charge in [-0.05, 0) is 32.6 Å². The van der Waals surface area contributed by atoms with Gasteiger partial charge in [0.15, 0.2) is 0 Å². The molecule has 1 atom stereocenters. The summed E-state index contributed by atoms with van der Waals surface area (Å²) in [5, 5.41) is 3.02. The Bertz CT molecular complexity index is 231. The zero-order chi connectivity index (χ0) is 10.2. The first-order valence-electron chi connectivity index (χ1n) is 5.52. The highest BCUT2D eigenvalue weighted by molar-refractivity contribution is 5.78. The molecule has 1 aliphatic carbocycles. The maximum absolute atomic E-state index is 11.2. The summed E-state index contributed by atoms with van der Waals surface area (Å²) in [5.74, 6) is 0.662. The van der Waals surface area contributed by atoms with Gasteiger partial charge in [0.25, 0.3) is 0 Å². The number of ether oxygens (including phenoxy) is 1. The zero-order valence-corrected chi connectivity index (χ0v) is 9.01.